The lowest BCUT2D eigenvalue weighted by molar-refractivity contribution is -0.115. The molecule has 1 atom stereocenters. The van der Waals surface area contributed by atoms with Crippen molar-refractivity contribution in [1.82, 2.24) is 5.32 Å². The third-order valence-corrected chi connectivity index (χ3v) is 3.01. The Morgan fingerprint density at radius 3 is 2.95 bits per heavy atom. The molecule has 0 aromatic heterocycles. The molecule has 1 aromatic carbocycles. The molecule has 1 aliphatic rings. The lowest BCUT2D eigenvalue weighted by atomic mass is 10.00. The number of carbonyl (C=O) groups is 1. The van der Waals surface area contributed by atoms with Crippen LogP contribution in [0.3, 0.4) is 0 Å². The van der Waals surface area contributed by atoms with Gasteiger partial charge in [0.05, 0.1) is 5.69 Å². The number of anilines is 1. The van der Waals surface area contributed by atoms with E-state index in [0.29, 0.717) is 36.0 Å². The van der Waals surface area contributed by atoms with Crippen LogP contribution in [0.25, 0.3) is 0 Å². The minimum absolute atomic E-state index is 0.151. The van der Waals surface area contributed by atoms with Crippen molar-refractivity contribution >= 4 is 40.5 Å². The Hall–Kier alpha value is -1.46. The van der Waals surface area contributed by atoms with Gasteiger partial charge in [-0.15, -0.1) is 0 Å². The average Bonchev–Trinajstić information content (AvgIpc) is 2.41. The number of nitrogens with one attached hydrogen (secondary N) is 2. The third kappa shape index (κ3) is 4.02. The predicted molar refractivity (Wildman–Crippen MR) is 80.4 cm³/mol. The van der Waals surface area contributed by atoms with Gasteiger partial charge in [-0.3, -0.25) is 10.2 Å². The lowest BCUT2D eigenvalue weighted by Crippen LogP contribution is -2.41. The maximum Gasteiger partial charge on any atom is 0.267 e. The first-order chi connectivity index (χ1) is 9.56. The van der Waals surface area contributed by atoms with Crippen LogP contribution >= 0.6 is 23.2 Å². The summed E-state index contributed by atoms with van der Waals surface area (Å²) in [6.45, 7) is 2.73. The number of alkyl halides is 2. The molecule has 1 amide bonds. The summed E-state index contributed by atoms with van der Waals surface area (Å²) in [6.07, 6.45) is 0.634. The fraction of sp³-hybridized carbons (Fsp3) is 0.385. The highest BCUT2D eigenvalue weighted by atomic mass is 35.5. The number of piperidine rings is 1. The highest BCUT2D eigenvalue weighted by Crippen LogP contribution is 2.26. The molecule has 2 rings (SSSR count). The summed E-state index contributed by atoms with van der Waals surface area (Å²) in [5.41, 5.74) is 3.88. The van der Waals surface area contributed by atoms with E-state index in [0.717, 1.165) is 0 Å². The Kier molecular flexibility index (Phi) is 5.09. The minimum atomic E-state index is -0.969. The number of nitrogens with zero attached hydrogens (tertiary/aromatic N) is 1. The molecular weight excluding hydrogens is 301 g/mol. The van der Waals surface area contributed by atoms with Crippen LogP contribution in [0.4, 0.5) is 5.69 Å². The van der Waals surface area contributed by atoms with Gasteiger partial charge < -0.3 is 10.1 Å². The Labute approximate surface area is 127 Å². The Bertz CT molecular complexity index is 520. The molecule has 5 nitrogen and oxygen atoms in total. The maximum absolute atomic E-state index is 11.7. The van der Waals surface area contributed by atoms with Gasteiger partial charge in [0, 0.05) is 13.0 Å². The first-order valence-corrected chi connectivity index (χ1v) is 7.08. The Morgan fingerprint density at radius 1 is 1.45 bits per heavy atom. The van der Waals surface area contributed by atoms with Gasteiger partial charge >= 0.3 is 0 Å². The molecule has 1 unspecified atom stereocenters. The molecule has 0 saturated carbocycles. The number of hydrogen-bond donors (Lipinski definition) is 2. The zero-order chi connectivity index (χ0) is 14.5. The summed E-state index contributed by atoms with van der Waals surface area (Å²) in [5, 5.41) is 5.95. The maximum atomic E-state index is 11.7. The zero-order valence-electron chi connectivity index (χ0n) is 10.9. The van der Waals surface area contributed by atoms with E-state index in [-0.39, 0.29) is 5.91 Å². The SMILES string of the molecule is CC1CNC(=O)/C(=N/Nc2ccccc2OC(Cl)Cl)C1. The minimum Gasteiger partial charge on any atom is -0.458 e. The van der Waals surface area contributed by atoms with E-state index in [2.05, 4.69) is 22.8 Å². The van der Waals surface area contributed by atoms with Crippen LogP contribution in [-0.4, -0.2) is 23.2 Å². The number of carbonyl (C=O) groups excluding carboxylic acids is 1. The first-order valence-electron chi connectivity index (χ1n) is 6.21. The van der Waals surface area contributed by atoms with Gasteiger partial charge in [0.25, 0.3) is 5.91 Å². The van der Waals surface area contributed by atoms with Crippen LogP contribution in [0.2, 0.25) is 0 Å². The second-order valence-electron chi connectivity index (χ2n) is 4.56. The standard InChI is InChI=1S/C13H15Cl2N3O2/c1-8-6-10(12(19)16-7-8)18-17-9-4-2-3-5-11(9)20-13(14)15/h2-5,8,13,17H,6-7H2,1H3,(H,16,19)/b18-10+. The molecule has 1 aliphatic heterocycles. The van der Waals surface area contributed by atoms with Crippen LogP contribution < -0.4 is 15.5 Å². The van der Waals surface area contributed by atoms with E-state index >= 15 is 0 Å². The molecule has 2 N–H and O–H groups in total. The third-order valence-electron chi connectivity index (χ3n) is 2.83. The second kappa shape index (κ2) is 6.81. The van der Waals surface area contributed by atoms with Crippen molar-refractivity contribution in [2.45, 2.75) is 18.4 Å². The van der Waals surface area contributed by atoms with Gasteiger partial charge in [0.2, 0.25) is 5.02 Å². The molecule has 108 valence electrons. The molecule has 1 saturated heterocycles. The largest absolute Gasteiger partial charge is 0.458 e. The molecule has 20 heavy (non-hydrogen) atoms. The van der Waals surface area contributed by atoms with Crippen molar-refractivity contribution in [3.05, 3.63) is 24.3 Å². The van der Waals surface area contributed by atoms with E-state index in [9.17, 15) is 4.79 Å². The number of benzene rings is 1. The highest BCUT2D eigenvalue weighted by Gasteiger charge is 2.21. The number of amides is 1. The van der Waals surface area contributed by atoms with Crippen LogP contribution in [-0.2, 0) is 4.79 Å². The van der Waals surface area contributed by atoms with Crippen LogP contribution in [0.15, 0.2) is 29.4 Å². The molecule has 1 fully saturated rings. The van der Waals surface area contributed by atoms with E-state index in [1.54, 1.807) is 18.2 Å². The summed E-state index contributed by atoms with van der Waals surface area (Å²) in [4.78, 5) is 11.7. The number of hydrazone groups is 1. The molecule has 0 spiro atoms. The Morgan fingerprint density at radius 2 is 2.20 bits per heavy atom. The summed E-state index contributed by atoms with van der Waals surface area (Å²) in [5.74, 6) is 0.687. The summed E-state index contributed by atoms with van der Waals surface area (Å²) in [6, 6.07) is 7.08. The van der Waals surface area contributed by atoms with Gasteiger partial charge in [-0.2, -0.15) is 5.10 Å². The smallest absolute Gasteiger partial charge is 0.267 e. The quantitative estimate of drug-likeness (QED) is 0.663. The number of ether oxygens (including phenoxy) is 1. The molecule has 0 aliphatic carbocycles. The number of para-hydroxylation sites is 2. The molecule has 0 radical (unpaired) electrons. The van der Waals surface area contributed by atoms with Crippen LogP contribution in [0.5, 0.6) is 5.75 Å². The van der Waals surface area contributed by atoms with Gasteiger partial charge in [-0.05, 0) is 18.1 Å². The molecule has 1 aromatic rings. The topological polar surface area (TPSA) is 62.7 Å². The lowest BCUT2D eigenvalue weighted by Gasteiger charge is -2.20. The van der Waals surface area contributed by atoms with Crippen molar-refractivity contribution in [1.29, 1.82) is 0 Å². The first kappa shape index (κ1) is 14.9. The van der Waals surface area contributed by atoms with E-state index in [4.69, 9.17) is 27.9 Å². The Balaban J connectivity index is 2.11. The average molecular weight is 316 g/mol. The second-order valence-corrected chi connectivity index (χ2v) is 5.58. The highest BCUT2D eigenvalue weighted by molar-refractivity contribution is 6.43. The number of rotatable bonds is 4. The fourth-order valence-corrected chi connectivity index (χ4v) is 2.04. The van der Waals surface area contributed by atoms with Crippen LogP contribution in [0.1, 0.15) is 13.3 Å². The van der Waals surface area contributed by atoms with E-state index in [1.165, 1.54) is 0 Å². The molecular formula is C13H15Cl2N3O2. The zero-order valence-corrected chi connectivity index (χ0v) is 12.4. The van der Waals surface area contributed by atoms with Crippen molar-refractivity contribution in [2.24, 2.45) is 11.0 Å². The van der Waals surface area contributed by atoms with Gasteiger partial charge in [0.15, 0.2) is 0 Å². The monoisotopic (exact) mass is 315 g/mol. The van der Waals surface area contributed by atoms with Crippen molar-refractivity contribution in [2.75, 3.05) is 12.0 Å². The summed E-state index contributed by atoms with van der Waals surface area (Å²) >= 11 is 11.2. The summed E-state index contributed by atoms with van der Waals surface area (Å²) in [7, 11) is 0. The summed E-state index contributed by atoms with van der Waals surface area (Å²) < 4.78 is 5.23. The fourth-order valence-electron chi connectivity index (χ4n) is 1.85. The number of halogens is 2. The number of hydrogen-bond acceptors (Lipinski definition) is 4. The van der Waals surface area contributed by atoms with Crippen LogP contribution in [0, 0.1) is 5.92 Å². The predicted octanol–water partition coefficient (Wildman–Crippen LogP) is 2.75. The van der Waals surface area contributed by atoms with Gasteiger partial charge in [0.1, 0.15) is 11.5 Å². The van der Waals surface area contributed by atoms with Crippen molar-refractivity contribution in [3.63, 3.8) is 0 Å². The normalized spacial score (nSPS) is 20.9. The molecule has 7 heteroatoms. The molecule has 1 heterocycles. The van der Waals surface area contributed by atoms with Gasteiger partial charge in [-0.1, -0.05) is 42.3 Å². The van der Waals surface area contributed by atoms with Gasteiger partial charge in [-0.25, -0.2) is 0 Å². The van der Waals surface area contributed by atoms with Crippen molar-refractivity contribution in [3.8, 4) is 5.75 Å². The van der Waals surface area contributed by atoms with E-state index in [1.807, 2.05) is 6.07 Å². The molecule has 0 bridgehead atoms. The van der Waals surface area contributed by atoms with Crippen molar-refractivity contribution < 1.29 is 9.53 Å². The van der Waals surface area contributed by atoms with E-state index < -0.39 is 5.02 Å².